The van der Waals surface area contributed by atoms with Crippen molar-refractivity contribution in [3.05, 3.63) is 59.9 Å². The summed E-state index contributed by atoms with van der Waals surface area (Å²) in [7, 11) is 0. The third-order valence-corrected chi connectivity index (χ3v) is 2.48. The van der Waals surface area contributed by atoms with Gasteiger partial charge in [0.2, 0.25) is 5.91 Å². The van der Waals surface area contributed by atoms with Gasteiger partial charge in [0, 0.05) is 18.0 Å². The van der Waals surface area contributed by atoms with E-state index in [0.717, 1.165) is 11.1 Å². The van der Waals surface area contributed by atoms with E-state index in [2.05, 4.69) is 10.3 Å². The average Bonchev–Trinajstić information content (AvgIpc) is 2.36. The molecule has 1 aromatic carbocycles. The molecule has 0 spiro atoms. The molecule has 1 aromatic heterocycles. The summed E-state index contributed by atoms with van der Waals surface area (Å²) in [4.78, 5) is 15.7. The first kappa shape index (κ1) is 12.8. The topological polar surface area (TPSA) is 68.0 Å². The number of hydrogen-bond donors (Lipinski definition) is 2. The molecule has 0 saturated heterocycles. The quantitative estimate of drug-likeness (QED) is 0.652. The number of anilines is 2. The van der Waals surface area contributed by atoms with Crippen LogP contribution in [0.1, 0.15) is 11.1 Å². The highest BCUT2D eigenvalue weighted by Crippen LogP contribution is 2.09. The number of amides is 1. The maximum atomic E-state index is 11.7. The molecule has 0 aliphatic carbocycles. The van der Waals surface area contributed by atoms with Gasteiger partial charge in [-0.1, -0.05) is 12.1 Å². The molecule has 0 radical (unpaired) electrons. The molecule has 96 valence electrons. The van der Waals surface area contributed by atoms with Gasteiger partial charge in [0.25, 0.3) is 0 Å². The van der Waals surface area contributed by atoms with Gasteiger partial charge in [-0.15, -0.1) is 0 Å². The van der Waals surface area contributed by atoms with Crippen molar-refractivity contribution in [2.24, 2.45) is 0 Å². The third kappa shape index (κ3) is 3.96. The highest BCUT2D eigenvalue weighted by atomic mass is 16.1. The Labute approximate surface area is 112 Å². The van der Waals surface area contributed by atoms with Gasteiger partial charge in [-0.05, 0) is 42.3 Å². The van der Waals surface area contributed by atoms with Crippen LogP contribution in [-0.2, 0) is 4.79 Å². The van der Waals surface area contributed by atoms with Crippen LogP contribution >= 0.6 is 0 Å². The number of pyridine rings is 1. The van der Waals surface area contributed by atoms with Crippen LogP contribution in [0.2, 0.25) is 0 Å². The Morgan fingerprint density at radius 1 is 1.32 bits per heavy atom. The number of benzene rings is 1. The van der Waals surface area contributed by atoms with Crippen LogP contribution in [0.4, 0.5) is 11.4 Å². The minimum absolute atomic E-state index is 0.199. The fraction of sp³-hybridized carbons (Fsp3) is 0.0667. The monoisotopic (exact) mass is 253 g/mol. The van der Waals surface area contributed by atoms with Gasteiger partial charge in [-0.3, -0.25) is 9.78 Å². The van der Waals surface area contributed by atoms with E-state index >= 15 is 0 Å². The molecule has 19 heavy (non-hydrogen) atoms. The van der Waals surface area contributed by atoms with Gasteiger partial charge < -0.3 is 11.1 Å². The predicted octanol–water partition coefficient (Wildman–Crippen LogP) is 2.62. The lowest BCUT2D eigenvalue weighted by Crippen LogP contribution is -2.08. The van der Waals surface area contributed by atoms with Crippen LogP contribution in [0, 0.1) is 6.92 Å². The molecule has 0 saturated carbocycles. The molecule has 4 heteroatoms. The van der Waals surface area contributed by atoms with Crippen molar-refractivity contribution in [3.8, 4) is 0 Å². The highest BCUT2D eigenvalue weighted by molar-refractivity contribution is 6.01. The van der Waals surface area contributed by atoms with Crippen molar-refractivity contribution in [1.82, 2.24) is 4.98 Å². The van der Waals surface area contributed by atoms with Gasteiger partial charge in [0.15, 0.2) is 0 Å². The summed E-state index contributed by atoms with van der Waals surface area (Å²) in [6.45, 7) is 1.92. The predicted molar refractivity (Wildman–Crippen MR) is 77.5 cm³/mol. The first-order valence-corrected chi connectivity index (χ1v) is 5.90. The zero-order valence-corrected chi connectivity index (χ0v) is 10.6. The molecule has 0 aliphatic rings. The van der Waals surface area contributed by atoms with Crippen molar-refractivity contribution in [2.75, 3.05) is 11.1 Å². The summed E-state index contributed by atoms with van der Waals surface area (Å²) < 4.78 is 0. The van der Waals surface area contributed by atoms with Gasteiger partial charge >= 0.3 is 0 Å². The first-order valence-electron chi connectivity index (χ1n) is 5.90. The molecule has 0 atom stereocenters. The number of carbonyl (C=O) groups excluding carboxylic acids is 1. The van der Waals surface area contributed by atoms with Gasteiger partial charge in [0.1, 0.15) is 0 Å². The number of rotatable bonds is 3. The second-order valence-electron chi connectivity index (χ2n) is 4.24. The van der Waals surface area contributed by atoms with Crippen molar-refractivity contribution >= 4 is 23.4 Å². The Balaban J connectivity index is 2.01. The number of hydrogen-bond acceptors (Lipinski definition) is 3. The SMILES string of the molecule is Cc1cncc(NC(=O)/C=C/c2cccc(N)c2)c1. The summed E-state index contributed by atoms with van der Waals surface area (Å²) >= 11 is 0. The van der Waals surface area contributed by atoms with Crippen molar-refractivity contribution < 1.29 is 4.79 Å². The van der Waals surface area contributed by atoms with Crippen molar-refractivity contribution in [1.29, 1.82) is 0 Å². The van der Waals surface area contributed by atoms with E-state index in [-0.39, 0.29) is 5.91 Å². The zero-order valence-electron chi connectivity index (χ0n) is 10.6. The molecule has 0 bridgehead atoms. The summed E-state index contributed by atoms with van der Waals surface area (Å²) in [6.07, 6.45) is 6.53. The standard InChI is InChI=1S/C15H15N3O/c1-11-7-14(10-17-9-11)18-15(19)6-5-12-3-2-4-13(16)8-12/h2-10H,16H2,1H3,(H,18,19)/b6-5+. The Kier molecular flexibility index (Phi) is 3.93. The van der Waals surface area contributed by atoms with E-state index in [1.54, 1.807) is 30.6 Å². The van der Waals surface area contributed by atoms with Crippen LogP contribution in [0.3, 0.4) is 0 Å². The summed E-state index contributed by atoms with van der Waals surface area (Å²) in [5, 5.41) is 2.75. The maximum absolute atomic E-state index is 11.7. The summed E-state index contributed by atoms with van der Waals surface area (Å²) in [5.74, 6) is -0.199. The molecule has 1 amide bonds. The van der Waals surface area contributed by atoms with Crippen LogP contribution in [0.15, 0.2) is 48.8 Å². The van der Waals surface area contributed by atoms with E-state index in [4.69, 9.17) is 5.73 Å². The Hall–Kier alpha value is -2.62. The fourth-order valence-corrected chi connectivity index (χ4v) is 1.64. The fourth-order valence-electron chi connectivity index (χ4n) is 1.64. The van der Waals surface area contributed by atoms with Crippen LogP contribution in [-0.4, -0.2) is 10.9 Å². The second kappa shape index (κ2) is 5.82. The number of aromatic nitrogens is 1. The normalized spacial score (nSPS) is 10.6. The number of nitrogens with zero attached hydrogens (tertiary/aromatic N) is 1. The number of nitrogens with one attached hydrogen (secondary N) is 1. The Morgan fingerprint density at radius 2 is 2.16 bits per heavy atom. The lowest BCUT2D eigenvalue weighted by molar-refractivity contribution is -0.111. The highest BCUT2D eigenvalue weighted by Gasteiger charge is 1.98. The average molecular weight is 253 g/mol. The van der Waals surface area contributed by atoms with E-state index in [1.165, 1.54) is 6.08 Å². The summed E-state index contributed by atoms with van der Waals surface area (Å²) in [6, 6.07) is 9.19. The molecule has 0 unspecified atom stereocenters. The van der Waals surface area contributed by atoms with Crippen molar-refractivity contribution in [2.45, 2.75) is 6.92 Å². The Morgan fingerprint density at radius 3 is 2.89 bits per heavy atom. The molecule has 3 N–H and O–H groups in total. The third-order valence-electron chi connectivity index (χ3n) is 2.48. The van der Waals surface area contributed by atoms with Gasteiger partial charge in [-0.2, -0.15) is 0 Å². The van der Waals surface area contributed by atoms with Gasteiger partial charge in [-0.25, -0.2) is 0 Å². The minimum atomic E-state index is -0.199. The molecule has 2 aromatic rings. The molecule has 4 nitrogen and oxygen atoms in total. The first-order chi connectivity index (χ1) is 9.13. The zero-order chi connectivity index (χ0) is 13.7. The molecular formula is C15H15N3O. The number of nitrogen functional groups attached to an aromatic ring is 1. The van der Waals surface area contributed by atoms with Crippen LogP contribution < -0.4 is 11.1 Å². The molecule has 0 fully saturated rings. The van der Waals surface area contributed by atoms with Crippen LogP contribution in [0.5, 0.6) is 0 Å². The maximum Gasteiger partial charge on any atom is 0.248 e. The van der Waals surface area contributed by atoms with Crippen molar-refractivity contribution in [3.63, 3.8) is 0 Å². The van der Waals surface area contributed by atoms with E-state index in [1.807, 2.05) is 25.1 Å². The van der Waals surface area contributed by atoms with E-state index in [9.17, 15) is 4.79 Å². The summed E-state index contributed by atoms with van der Waals surface area (Å²) in [5.41, 5.74) is 8.90. The van der Waals surface area contributed by atoms with E-state index < -0.39 is 0 Å². The minimum Gasteiger partial charge on any atom is -0.399 e. The Bertz CT molecular complexity index is 620. The van der Waals surface area contributed by atoms with Crippen LogP contribution in [0.25, 0.3) is 6.08 Å². The van der Waals surface area contributed by atoms with E-state index in [0.29, 0.717) is 11.4 Å². The lowest BCUT2D eigenvalue weighted by atomic mass is 10.2. The molecule has 2 rings (SSSR count). The molecular weight excluding hydrogens is 238 g/mol. The molecule has 0 aliphatic heterocycles. The smallest absolute Gasteiger partial charge is 0.248 e. The lowest BCUT2D eigenvalue weighted by Gasteiger charge is -2.02. The number of carbonyl (C=O) groups is 1. The number of aryl methyl sites for hydroxylation is 1. The number of nitrogens with two attached hydrogens (primary N) is 1. The van der Waals surface area contributed by atoms with Gasteiger partial charge in [0.05, 0.1) is 11.9 Å². The second-order valence-corrected chi connectivity index (χ2v) is 4.24. The largest absolute Gasteiger partial charge is 0.399 e. The molecule has 1 heterocycles.